The molecule has 0 aliphatic carbocycles. The van der Waals surface area contributed by atoms with Gasteiger partial charge in [0.1, 0.15) is 10.8 Å². The van der Waals surface area contributed by atoms with Crippen LogP contribution in [-0.2, 0) is 5.75 Å². The van der Waals surface area contributed by atoms with E-state index in [1.165, 1.54) is 6.07 Å². The molecule has 6 heteroatoms. The Morgan fingerprint density at radius 1 is 1.25 bits per heavy atom. The number of ether oxygens (including phenoxy) is 1. The van der Waals surface area contributed by atoms with Gasteiger partial charge in [-0.2, -0.15) is 0 Å². The molecule has 104 valence electrons. The van der Waals surface area contributed by atoms with Gasteiger partial charge in [0, 0.05) is 16.7 Å². The Morgan fingerprint density at radius 3 is 2.55 bits per heavy atom. The second kappa shape index (κ2) is 6.63. The van der Waals surface area contributed by atoms with Crippen LogP contribution in [0.4, 0.5) is 5.69 Å². The summed E-state index contributed by atoms with van der Waals surface area (Å²) in [7, 11) is 1.62. The normalized spacial score (nSPS) is 10.3. The predicted octanol–water partition coefficient (Wildman–Crippen LogP) is 4.55. The zero-order valence-electron chi connectivity index (χ0n) is 10.7. The summed E-state index contributed by atoms with van der Waals surface area (Å²) in [5, 5.41) is 11.0. The first-order valence-electron chi connectivity index (χ1n) is 5.80. The van der Waals surface area contributed by atoms with E-state index in [9.17, 15) is 10.1 Å². The van der Waals surface area contributed by atoms with Crippen LogP contribution in [0.1, 0.15) is 5.56 Å². The van der Waals surface area contributed by atoms with Crippen LogP contribution in [0.2, 0.25) is 5.02 Å². The van der Waals surface area contributed by atoms with Gasteiger partial charge in [-0.05, 0) is 35.9 Å². The fraction of sp³-hybridized carbons (Fsp3) is 0.143. The van der Waals surface area contributed by atoms with Gasteiger partial charge in [-0.1, -0.05) is 17.7 Å². The van der Waals surface area contributed by atoms with Crippen molar-refractivity contribution >= 4 is 29.1 Å². The van der Waals surface area contributed by atoms with Crippen LogP contribution in [0.25, 0.3) is 0 Å². The molecular formula is C14H12ClNO3S. The molecule has 0 aliphatic rings. The van der Waals surface area contributed by atoms with E-state index in [0.29, 0.717) is 5.75 Å². The SMILES string of the molecule is COc1ccc(SCc2ccc(Cl)c([N+](=O)[O-])c2)cc1. The molecule has 0 unspecified atom stereocenters. The van der Waals surface area contributed by atoms with E-state index in [1.54, 1.807) is 31.0 Å². The Balaban J connectivity index is 2.06. The second-order valence-corrected chi connectivity index (χ2v) is 5.46. The first kappa shape index (κ1) is 14.7. The standard InChI is InChI=1S/C14H12ClNO3S/c1-19-11-3-5-12(6-4-11)20-9-10-2-7-13(15)14(8-10)16(17)18/h2-8H,9H2,1H3. The van der Waals surface area contributed by atoms with Crippen LogP contribution in [0.3, 0.4) is 0 Å². The van der Waals surface area contributed by atoms with Crippen molar-refractivity contribution in [2.75, 3.05) is 7.11 Å². The van der Waals surface area contributed by atoms with E-state index in [0.717, 1.165) is 16.2 Å². The number of hydrogen-bond acceptors (Lipinski definition) is 4. The Labute approximate surface area is 125 Å². The average molecular weight is 310 g/mol. The molecule has 0 saturated carbocycles. The summed E-state index contributed by atoms with van der Waals surface area (Å²) in [6.45, 7) is 0. The highest BCUT2D eigenvalue weighted by Crippen LogP contribution is 2.29. The van der Waals surface area contributed by atoms with E-state index >= 15 is 0 Å². The average Bonchev–Trinajstić information content (AvgIpc) is 2.46. The van der Waals surface area contributed by atoms with Gasteiger partial charge in [0.2, 0.25) is 0 Å². The van der Waals surface area contributed by atoms with Crippen molar-refractivity contribution in [1.82, 2.24) is 0 Å². The highest BCUT2D eigenvalue weighted by atomic mass is 35.5. The molecule has 0 heterocycles. The van der Waals surface area contributed by atoms with Crippen LogP contribution < -0.4 is 4.74 Å². The Kier molecular flexibility index (Phi) is 4.87. The molecule has 0 aromatic heterocycles. The summed E-state index contributed by atoms with van der Waals surface area (Å²) < 4.78 is 5.09. The number of benzene rings is 2. The van der Waals surface area contributed by atoms with Gasteiger partial charge in [-0.15, -0.1) is 11.8 Å². The third-order valence-corrected chi connectivity index (χ3v) is 4.07. The molecule has 4 nitrogen and oxygen atoms in total. The van der Waals surface area contributed by atoms with Gasteiger partial charge < -0.3 is 4.74 Å². The highest BCUT2D eigenvalue weighted by Gasteiger charge is 2.12. The summed E-state index contributed by atoms with van der Waals surface area (Å²) in [5.74, 6) is 1.45. The summed E-state index contributed by atoms with van der Waals surface area (Å²) in [4.78, 5) is 11.4. The molecule has 2 rings (SSSR count). The summed E-state index contributed by atoms with van der Waals surface area (Å²) in [6.07, 6.45) is 0. The van der Waals surface area contributed by atoms with Gasteiger partial charge >= 0.3 is 0 Å². The Bertz CT molecular complexity index is 616. The van der Waals surface area contributed by atoms with Crippen LogP contribution >= 0.6 is 23.4 Å². The number of methoxy groups -OCH3 is 1. The molecule has 0 saturated heterocycles. The number of halogens is 1. The molecule has 0 spiro atoms. The van der Waals surface area contributed by atoms with Crippen LogP contribution in [0.15, 0.2) is 47.4 Å². The van der Waals surface area contributed by atoms with E-state index in [1.807, 2.05) is 24.3 Å². The van der Waals surface area contributed by atoms with Crippen molar-refractivity contribution in [2.24, 2.45) is 0 Å². The summed E-state index contributed by atoms with van der Waals surface area (Å²) >= 11 is 7.38. The minimum absolute atomic E-state index is 0.0560. The molecule has 0 atom stereocenters. The number of thioether (sulfide) groups is 1. The van der Waals surface area contributed by atoms with E-state index in [2.05, 4.69) is 0 Å². The molecule has 0 fully saturated rings. The molecule has 0 aliphatic heterocycles. The van der Waals surface area contributed by atoms with Crippen molar-refractivity contribution in [3.8, 4) is 5.75 Å². The lowest BCUT2D eigenvalue weighted by atomic mass is 10.2. The maximum atomic E-state index is 10.8. The van der Waals surface area contributed by atoms with Crippen molar-refractivity contribution < 1.29 is 9.66 Å². The lowest BCUT2D eigenvalue weighted by Gasteiger charge is -2.04. The maximum absolute atomic E-state index is 10.8. The van der Waals surface area contributed by atoms with Gasteiger partial charge in [0.05, 0.1) is 12.0 Å². The van der Waals surface area contributed by atoms with Crippen molar-refractivity contribution in [3.63, 3.8) is 0 Å². The van der Waals surface area contributed by atoms with Crippen molar-refractivity contribution in [3.05, 3.63) is 63.2 Å². The number of rotatable bonds is 5. The quantitative estimate of drug-likeness (QED) is 0.462. The van der Waals surface area contributed by atoms with Crippen LogP contribution in [0, 0.1) is 10.1 Å². The first-order chi connectivity index (χ1) is 9.60. The molecule has 0 amide bonds. The number of nitrogens with zero attached hydrogens (tertiary/aromatic N) is 1. The first-order valence-corrected chi connectivity index (χ1v) is 7.16. The van der Waals surface area contributed by atoms with E-state index < -0.39 is 4.92 Å². The number of nitro benzene ring substituents is 1. The van der Waals surface area contributed by atoms with Crippen LogP contribution in [0.5, 0.6) is 5.75 Å². The zero-order chi connectivity index (χ0) is 14.5. The van der Waals surface area contributed by atoms with Gasteiger partial charge in [0.15, 0.2) is 0 Å². The molecule has 0 radical (unpaired) electrons. The highest BCUT2D eigenvalue weighted by molar-refractivity contribution is 7.98. The minimum Gasteiger partial charge on any atom is -0.497 e. The molecule has 0 N–H and O–H groups in total. The number of hydrogen-bond donors (Lipinski definition) is 0. The van der Waals surface area contributed by atoms with E-state index in [-0.39, 0.29) is 10.7 Å². The van der Waals surface area contributed by atoms with Gasteiger partial charge in [-0.3, -0.25) is 10.1 Å². The minimum atomic E-state index is -0.468. The molecule has 2 aromatic carbocycles. The largest absolute Gasteiger partial charge is 0.497 e. The molecule has 0 bridgehead atoms. The third-order valence-electron chi connectivity index (χ3n) is 2.67. The molecular weight excluding hydrogens is 298 g/mol. The maximum Gasteiger partial charge on any atom is 0.288 e. The van der Waals surface area contributed by atoms with E-state index in [4.69, 9.17) is 16.3 Å². The lowest BCUT2D eigenvalue weighted by molar-refractivity contribution is -0.384. The zero-order valence-corrected chi connectivity index (χ0v) is 12.3. The monoisotopic (exact) mass is 309 g/mol. The lowest BCUT2D eigenvalue weighted by Crippen LogP contribution is -1.91. The van der Waals surface area contributed by atoms with Crippen molar-refractivity contribution in [2.45, 2.75) is 10.6 Å². The smallest absolute Gasteiger partial charge is 0.288 e. The third kappa shape index (κ3) is 3.65. The fourth-order valence-corrected chi connectivity index (χ4v) is 2.65. The summed E-state index contributed by atoms with van der Waals surface area (Å²) in [6, 6.07) is 12.5. The topological polar surface area (TPSA) is 52.4 Å². The molecule has 2 aromatic rings. The summed E-state index contributed by atoms with van der Waals surface area (Å²) in [5.41, 5.74) is 0.807. The fourth-order valence-electron chi connectivity index (χ4n) is 1.63. The molecule has 20 heavy (non-hydrogen) atoms. The van der Waals surface area contributed by atoms with Gasteiger partial charge in [-0.25, -0.2) is 0 Å². The van der Waals surface area contributed by atoms with Crippen LogP contribution in [-0.4, -0.2) is 12.0 Å². The van der Waals surface area contributed by atoms with Crippen molar-refractivity contribution in [1.29, 1.82) is 0 Å². The van der Waals surface area contributed by atoms with Gasteiger partial charge in [0.25, 0.3) is 5.69 Å². The Hall–Kier alpha value is -1.72. The predicted molar refractivity (Wildman–Crippen MR) is 80.7 cm³/mol. The Morgan fingerprint density at radius 2 is 1.95 bits per heavy atom. The number of nitro groups is 1. The second-order valence-electron chi connectivity index (χ2n) is 4.01.